The molecule has 0 radical (unpaired) electrons. The number of benzene rings is 1. The summed E-state index contributed by atoms with van der Waals surface area (Å²) in [5, 5.41) is 4.50. The molecule has 0 fully saturated rings. The van der Waals surface area contributed by atoms with Crippen LogP contribution < -0.4 is 5.43 Å². The minimum absolute atomic E-state index is 0.138. The van der Waals surface area contributed by atoms with E-state index < -0.39 is 0 Å². The van der Waals surface area contributed by atoms with Gasteiger partial charge < -0.3 is 0 Å². The van der Waals surface area contributed by atoms with Crippen LogP contribution in [0.4, 0.5) is 0 Å². The van der Waals surface area contributed by atoms with E-state index in [2.05, 4.69) is 39.8 Å². The van der Waals surface area contributed by atoms with Crippen LogP contribution in [-0.2, 0) is 5.75 Å². The zero-order chi connectivity index (χ0) is 12.9. The summed E-state index contributed by atoms with van der Waals surface area (Å²) >= 11 is 3.48. The van der Waals surface area contributed by atoms with E-state index in [9.17, 15) is 0 Å². The molecule has 0 amide bonds. The molecule has 1 aliphatic rings. The predicted octanol–water partition coefficient (Wildman–Crippen LogP) is 3.62. The average molecular weight is 287 g/mol. The maximum atomic E-state index is 4.36. The van der Waals surface area contributed by atoms with Gasteiger partial charge in [-0.2, -0.15) is 5.10 Å². The second-order valence-corrected chi connectivity index (χ2v) is 6.35. The SMILES string of the molecule is c1ccc(CSC2=NN[C@H](c3ccccn3)S2)cc1. The third-order valence-corrected chi connectivity index (χ3v) is 4.99. The summed E-state index contributed by atoms with van der Waals surface area (Å²) in [5.74, 6) is 0.948. The largest absolute Gasteiger partial charge is 0.289 e. The monoisotopic (exact) mass is 287 g/mol. The average Bonchev–Trinajstić information content (AvgIpc) is 2.96. The Morgan fingerprint density at radius 3 is 2.74 bits per heavy atom. The number of aromatic nitrogens is 1. The second kappa shape index (κ2) is 6.12. The number of hydrogen-bond donors (Lipinski definition) is 1. The van der Waals surface area contributed by atoms with Crippen LogP contribution in [0.25, 0.3) is 0 Å². The molecule has 0 saturated heterocycles. The molecule has 1 atom stereocenters. The van der Waals surface area contributed by atoms with Crippen molar-refractivity contribution in [2.24, 2.45) is 5.10 Å². The second-order valence-electron chi connectivity index (χ2n) is 4.03. The summed E-state index contributed by atoms with van der Waals surface area (Å²) in [6.45, 7) is 0. The van der Waals surface area contributed by atoms with Crippen LogP contribution in [0.5, 0.6) is 0 Å². The Balaban J connectivity index is 1.55. The topological polar surface area (TPSA) is 37.3 Å². The molecule has 1 aliphatic heterocycles. The molecule has 0 saturated carbocycles. The quantitative estimate of drug-likeness (QED) is 0.935. The molecule has 5 heteroatoms. The Kier molecular flexibility index (Phi) is 4.05. The van der Waals surface area contributed by atoms with Crippen LogP contribution in [0.1, 0.15) is 16.6 Å². The van der Waals surface area contributed by atoms with Gasteiger partial charge in [-0.15, -0.1) is 0 Å². The van der Waals surface area contributed by atoms with Crippen molar-refractivity contribution in [3.63, 3.8) is 0 Å². The fourth-order valence-electron chi connectivity index (χ4n) is 1.71. The first-order valence-electron chi connectivity index (χ1n) is 5.99. The lowest BCUT2D eigenvalue weighted by atomic mass is 10.2. The van der Waals surface area contributed by atoms with Gasteiger partial charge >= 0.3 is 0 Å². The number of nitrogens with zero attached hydrogens (tertiary/aromatic N) is 2. The highest BCUT2D eigenvalue weighted by atomic mass is 32.2. The fraction of sp³-hybridized carbons (Fsp3) is 0.143. The number of thioether (sulfide) groups is 2. The Morgan fingerprint density at radius 1 is 1.11 bits per heavy atom. The number of hydrogen-bond acceptors (Lipinski definition) is 5. The van der Waals surface area contributed by atoms with E-state index in [0.717, 1.165) is 15.8 Å². The van der Waals surface area contributed by atoms with Gasteiger partial charge in [0.2, 0.25) is 0 Å². The summed E-state index contributed by atoms with van der Waals surface area (Å²) in [5.41, 5.74) is 5.46. The lowest BCUT2D eigenvalue weighted by Gasteiger charge is -2.07. The van der Waals surface area contributed by atoms with Gasteiger partial charge in [-0.25, -0.2) is 0 Å². The van der Waals surface area contributed by atoms with Crippen LogP contribution in [-0.4, -0.2) is 9.36 Å². The van der Waals surface area contributed by atoms with Gasteiger partial charge in [0.15, 0.2) is 4.38 Å². The highest BCUT2D eigenvalue weighted by Gasteiger charge is 2.21. The van der Waals surface area contributed by atoms with Crippen molar-refractivity contribution in [1.82, 2.24) is 10.4 Å². The molecular formula is C14H13N3S2. The van der Waals surface area contributed by atoms with Gasteiger partial charge in [0, 0.05) is 11.9 Å². The maximum absolute atomic E-state index is 4.36. The van der Waals surface area contributed by atoms with E-state index in [0.29, 0.717) is 0 Å². The van der Waals surface area contributed by atoms with Crippen LogP contribution in [0.2, 0.25) is 0 Å². The lowest BCUT2D eigenvalue weighted by Crippen LogP contribution is -2.07. The van der Waals surface area contributed by atoms with Crippen molar-refractivity contribution in [2.75, 3.05) is 0 Å². The maximum Gasteiger partial charge on any atom is 0.152 e. The standard InChI is InChI=1S/C14H13N3S2/c1-2-6-11(7-3-1)10-18-14-17-16-13(19-14)12-8-4-5-9-15-12/h1-9,13,16H,10H2/t13-/m0/s1. The summed E-state index contributed by atoms with van der Waals surface area (Å²) in [6, 6.07) is 16.4. The molecule has 0 aliphatic carbocycles. The first kappa shape index (κ1) is 12.6. The zero-order valence-electron chi connectivity index (χ0n) is 10.2. The normalized spacial score (nSPS) is 17.9. The number of rotatable bonds is 3. The van der Waals surface area contributed by atoms with E-state index in [4.69, 9.17) is 0 Å². The highest BCUT2D eigenvalue weighted by Crippen LogP contribution is 2.35. The van der Waals surface area contributed by atoms with E-state index in [-0.39, 0.29) is 5.37 Å². The molecule has 1 aromatic carbocycles. The molecular weight excluding hydrogens is 274 g/mol. The molecule has 3 rings (SSSR count). The molecule has 2 heterocycles. The third-order valence-electron chi connectivity index (χ3n) is 2.65. The summed E-state index contributed by atoms with van der Waals surface area (Å²) in [7, 11) is 0. The molecule has 1 N–H and O–H groups in total. The van der Waals surface area contributed by atoms with E-state index >= 15 is 0 Å². The summed E-state index contributed by atoms with van der Waals surface area (Å²) < 4.78 is 1.07. The Hall–Kier alpha value is -1.46. The van der Waals surface area contributed by atoms with Crippen molar-refractivity contribution >= 4 is 27.9 Å². The van der Waals surface area contributed by atoms with Crippen LogP contribution in [0.15, 0.2) is 59.8 Å². The van der Waals surface area contributed by atoms with Crippen molar-refractivity contribution in [2.45, 2.75) is 11.1 Å². The molecule has 0 bridgehead atoms. The Bertz CT molecular complexity index is 557. The lowest BCUT2D eigenvalue weighted by molar-refractivity contribution is 0.725. The van der Waals surface area contributed by atoms with Gasteiger partial charge in [0.05, 0.1) is 5.69 Å². The van der Waals surface area contributed by atoms with E-state index in [1.165, 1.54) is 5.56 Å². The summed E-state index contributed by atoms with van der Waals surface area (Å²) in [4.78, 5) is 4.35. The molecule has 0 spiro atoms. The van der Waals surface area contributed by atoms with Gasteiger partial charge in [0.25, 0.3) is 0 Å². The highest BCUT2D eigenvalue weighted by molar-refractivity contribution is 8.38. The minimum Gasteiger partial charge on any atom is -0.289 e. The first-order valence-corrected chi connectivity index (χ1v) is 7.86. The van der Waals surface area contributed by atoms with Crippen molar-refractivity contribution in [3.05, 3.63) is 66.0 Å². The number of nitrogens with one attached hydrogen (secondary N) is 1. The molecule has 19 heavy (non-hydrogen) atoms. The third kappa shape index (κ3) is 3.30. The molecule has 3 nitrogen and oxygen atoms in total. The fourth-order valence-corrected chi connectivity index (χ4v) is 3.72. The van der Waals surface area contributed by atoms with Crippen molar-refractivity contribution in [1.29, 1.82) is 0 Å². The Morgan fingerprint density at radius 2 is 1.95 bits per heavy atom. The van der Waals surface area contributed by atoms with Gasteiger partial charge in [0.1, 0.15) is 5.37 Å². The Labute approximate surface area is 120 Å². The number of hydrazone groups is 1. The molecule has 2 aromatic rings. The molecule has 0 unspecified atom stereocenters. The molecule has 96 valence electrons. The van der Waals surface area contributed by atoms with Crippen molar-refractivity contribution < 1.29 is 0 Å². The van der Waals surface area contributed by atoms with Gasteiger partial charge in [-0.1, -0.05) is 59.9 Å². The smallest absolute Gasteiger partial charge is 0.152 e. The minimum atomic E-state index is 0.138. The molecule has 1 aromatic heterocycles. The van der Waals surface area contributed by atoms with E-state index in [1.807, 2.05) is 30.5 Å². The van der Waals surface area contributed by atoms with Gasteiger partial charge in [-0.3, -0.25) is 10.4 Å². The van der Waals surface area contributed by atoms with Crippen LogP contribution in [0.3, 0.4) is 0 Å². The van der Waals surface area contributed by atoms with Gasteiger partial charge in [-0.05, 0) is 17.7 Å². The number of pyridine rings is 1. The predicted molar refractivity (Wildman–Crippen MR) is 82.9 cm³/mol. The van der Waals surface area contributed by atoms with Crippen LogP contribution >= 0.6 is 23.5 Å². The van der Waals surface area contributed by atoms with Crippen molar-refractivity contribution in [3.8, 4) is 0 Å². The van der Waals surface area contributed by atoms with Crippen LogP contribution in [0, 0.1) is 0 Å². The zero-order valence-corrected chi connectivity index (χ0v) is 11.8. The van der Waals surface area contributed by atoms with E-state index in [1.54, 1.807) is 23.5 Å². The summed E-state index contributed by atoms with van der Waals surface area (Å²) in [6.07, 6.45) is 1.81. The first-order chi connectivity index (χ1) is 9.42.